The van der Waals surface area contributed by atoms with Crippen LogP contribution in [0.15, 0.2) is 24.4 Å². The molecule has 1 atom stereocenters. The van der Waals surface area contributed by atoms with Crippen molar-refractivity contribution in [3.63, 3.8) is 0 Å². The number of ether oxygens (including phenoxy) is 1. The summed E-state index contributed by atoms with van der Waals surface area (Å²) in [6, 6.07) is 0. The van der Waals surface area contributed by atoms with Crippen molar-refractivity contribution in [3.05, 3.63) is 24.4 Å². The van der Waals surface area contributed by atoms with Crippen LogP contribution in [0.5, 0.6) is 0 Å². The summed E-state index contributed by atoms with van der Waals surface area (Å²) < 4.78 is 4.60. The van der Waals surface area contributed by atoms with E-state index >= 15 is 0 Å². The van der Waals surface area contributed by atoms with Crippen molar-refractivity contribution in [2.75, 3.05) is 7.11 Å². The van der Waals surface area contributed by atoms with Gasteiger partial charge in [0.15, 0.2) is 0 Å². The van der Waals surface area contributed by atoms with Gasteiger partial charge in [0.1, 0.15) is 0 Å². The van der Waals surface area contributed by atoms with E-state index < -0.39 is 0 Å². The molecule has 3 heteroatoms. The smallest absolute Gasteiger partial charge is 0.335 e. The van der Waals surface area contributed by atoms with Gasteiger partial charge in [0, 0.05) is 6.20 Å². The number of rotatable bonds is 6. The molecule has 14 heavy (non-hydrogen) atoms. The molecule has 80 valence electrons. The molecule has 0 spiro atoms. The van der Waals surface area contributed by atoms with Crippen molar-refractivity contribution in [3.8, 4) is 0 Å². The maximum atomic E-state index is 11.2. The quantitative estimate of drug-likeness (QED) is 0.402. The molecule has 3 nitrogen and oxygen atoms in total. The SMILES string of the molecule is C=CCCC(C)C/C(=C\N)C(=O)OC. The van der Waals surface area contributed by atoms with Gasteiger partial charge in [-0.3, -0.25) is 0 Å². The highest BCUT2D eigenvalue weighted by Gasteiger charge is 2.12. The van der Waals surface area contributed by atoms with Crippen LogP contribution < -0.4 is 5.73 Å². The van der Waals surface area contributed by atoms with Crippen molar-refractivity contribution in [1.82, 2.24) is 0 Å². The number of esters is 1. The van der Waals surface area contributed by atoms with Gasteiger partial charge in [-0.05, 0) is 25.2 Å². The van der Waals surface area contributed by atoms with E-state index in [2.05, 4.69) is 18.2 Å². The van der Waals surface area contributed by atoms with Gasteiger partial charge in [0.2, 0.25) is 0 Å². The van der Waals surface area contributed by atoms with Crippen LogP contribution >= 0.6 is 0 Å². The van der Waals surface area contributed by atoms with Crippen LogP contribution in [-0.4, -0.2) is 13.1 Å². The zero-order valence-corrected chi connectivity index (χ0v) is 8.95. The number of allylic oxidation sites excluding steroid dienone is 1. The molecule has 0 aromatic rings. The van der Waals surface area contributed by atoms with Crippen LogP contribution in [0.3, 0.4) is 0 Å². The molecule has 0 saturated heterocycles. The number of carbonyl (C=O) groups excluding carboxylic acids is 1. The van der Waals surface area contributed by atoms with Gasteiger partial charge < -0.3 is 10.5 Å². The first kappa shape index (κ1) is 12.8. The average Bonchev–Trinajstić information content (AvgIpc) is 2.21. The molecule has 0 bridgehead atoms. The Hall–Kier alpha value is -1.25. The fourth-order valence-corrected chi connectivity index (χ4v) is 1.23. The summed E-state index contributed by atoms with van der Waals surface area (Å²) in [5.74, 6) is 0.0832. The van der Waals surface area contributed by atoms with E-state index in [0.717, 1.165) is 12.8 Å². The second-order valence-electron chi connectivity index (χ2n) is 3.36. The lowest BCUT2D eigenvalue weighted by atomic mass is 9.97. The zero-order chi connectivity index (χ0) is 11.0. The van der Waals surface area contributed by atoms with Crippen molar-refractivity contribution in [2.24, 2.45) is 11.7 Å². The monoisotopic (exact) mass is 197 g/mol. The highest BCUT2D eigenvalue weighted by atomic mass is 16.5. The third-order valence-electron chi connectivity index (χ3n) is 2.08. The summed E-state index contributed by atoms with van der Waals surface area (Å²) in [5.41, 5.74) is 5.89. The molecule has 0 aromatic heterocycles. The minimum absolute atomic E-state index is 0.335. The third-order valence-corrected chi connectivity index (χ3v) is 2.08. The van der Waals surface area contributed by atoms with Crippen molar-refractivity contribution in [2.45, 2.75) is 26.2 Å². The summed E-state index contributed by atoms with van der Waals surface area (Å²) in [6.07, 6.45) is 5.84. The fraction of sp³-hybridized carbons (Fsp3) is 0.545. The maximum absolute atomic E-state index is 11.2. The Kier molecular flexibility index (Phi) is 6.54. The molecule has 0 aliphatic carbocycles. The zero-order valence-electron chi connectivity index (χ0n) is 8.95. The first-order valence-corrected chi connectivity index (χ1v) is 4.75. The van der Waals surface area contributed by atoms with Gasteiger partial charge in [-0.1, -0.05) is 13.0 Å². The molecular weight excluding hydrogens is 178 g/mol. The van der Waals surface area contributed by atoms with Crippen molar-refractivity contribution >= 4 is 5.97 Å². The molecule has 0 aromatic carbocycles. The van der Waals surface area contributed by atoms with Crippen LogP contribution in [0.4, 0.5) is 0 Å². The van der Waals surface area contributed by atoms with Gasteiger partial charge >= 0.3 is 5.97 Å². The van der Waals surface area contributed by atoms with Crippen LogP contribution in [-0.2, 0) is 9.53 Å². The minimum Gasteiger partial charge on any atom is -0.466 e. The lowest BCUT2D eigenvalue weighted by Crippen LogP contribution is -2.10. The highest BCUT2D eigenvalue weighted by Crippen LogP contribution is 2.16. The molecule has 2 N–H and O–H groups in total. The van der Waals surface area contributed by atoms with Gasteiger partial charge in [0.05, 0.1) is 12.7 Å². The van der Waals surface area contributed by atoms with Crippen molar-refractivity contribution in [1.29, 1.82) is 0 Å². The van der Waals surface area contributed by atoms with E-state index in [9.17, 15) is 4.79 Å². The second-order valence-corrected chi connectivity index (χ2v) is 3.36. The normalized spacial score (nSPS) is 13.4. The van der Waals surface area contributed by atoms with E-state index in [4.69, 9.17) is 5.73 Å². The molecule has 0 heterocycles. The maximum Gasteiger partial charge on any atom is 0.335 e. The number of hydrogen-bond acceptors (Lipinski definition) is 3. The van der Waals surface area contributed by atoms with Gasteiger partial charge in [-0.2, -0.15) is 0 Å². The van der Waals surface area contributed by atoms with E-state index in [-0.39, 0.29) is 5.97 Å². The lowest BCUT2D eigenvalue weighted by molar-refractivity contribution is -0.136. The van der Waals surface area contributed by atoms with E-state index in [1.807, 2.05) is 6.08 Å². The van der Waals surface area contributed by atoms with E-state index in [1.54, 1.807) is 0 Å². The molecule has 0 radical (unpaired) electrons. The first-order chi connectivity index (χ1) is 6.65. The molecule has 1 unspecified atom stereocenters. The summed E-state index contributed by atoms with van der Waals surface area (Å²) in [7, 11) is 1.36. The highest BCUT2D eigenvalue weighted by molar-refractivity contribution is 5.88. The standard InChI is InChI=1S/C11H19NO2/c1-4-5-6-9(2)7-10(8-12)11(13)14-3/h4,8-9H,1,5-7,12H2,2-3H3/b10-8+. The Balaban J connectivity index is 4.06. The lowest BCUT2D eigenvalue weighted by Gasteiger charge is -2.11. The molecule has 0 amide bonds. The minimum atomic E-state index is -0.335. The van der Waals surface area contributed by atoms with E-state index in [1.165, 1.54) is 13.3 Å². The predicted molar refractivity (Wildman–Crippen MR) is 57.5 cm³/mol. The fourth-order valence-electron chi connectivity index (χ4n) is 1.23. The van der Waals surface area contributed by atoms with Crippen LogP contribution in [0.1, 0.15) is 26.2 Å². The average molecular weight is 197 g/mol. The molecule has 0 saturated carbocycles. The predicted octanol–water partition coefficient (Wildman–Crippen LogP) is 1.99. The van der Waals surface area contributed by atoms with Gasteiger partial charge in [-0.15, -0.1) is 6.58 Å². The molecule has 0 aliphatic heterocycles. The van der Waals surface area contributed by atoms with Gasteiger partial charge in [-0.25, -0.2) is 4.79 Å². The molecule has 0 rings (SSSR count). The summed E-state index contributed by atoms with van der Waals surface area (Å²) in [6.45, 7) is 5.73. The van der Waals surface area contributed by atoms with Crippen LogP contribution in [0.2, 0.25) is 0 Å². The second kappa shape index (κ2) is 7.18. The summed E-state index contributed by atoms with van der Waals surface area (Å²) >= 11 is 0. The summed E-state index contributed by atoms with van der Waals surface area (Å²) in [5, 5.41) is 0. The van der Waals surface area contributed by atoms with Crippen LogP contribution in [0, 0.1) is 5.92 Å². The summed E-state index contributed by atoms with van der Waals surface area (Å²) in [4.78, 5) is 11.2. The molecular formula is C11H19NO2. The Morgan fingerprint density at radius 1 is 1.64 bits per heavy atom. The Morgan fingerprint density at radius 3 is 2.71 bits per heavy atom. The number of nitrogens with two attached hydrogens (primary N) is 1. The first-order valence-electron chi connectivity index (χ1n) is 4.75. The molecule has 0 aliphatic rings. The number of hydrogen-bond donors (Lipinski definition) is 1. The number of carbonyl (C=O) groups is 1. The van der Waals surface area contributed by atoms with E-state index in [0.29, 0.717) is 17.9 Å². The molecule has 0 fully saturated rings. The Morgan fingerprint density at radius 2 is 2.29 bits per heavy atom. The van der Waals surface area contributed by atoms with Crippen molar-refractivity contribution < 1.29 is 9.53 Å². The largest absolute Gasteiger partial charge is 0.466 e. The Bertz CT molecular complexity index is 221. The third kappa shape index (κ3) is 4.70. The topological polar surface area (TPSA) is 52.3 Å². The van der Waals surface area contributed by atoms with Crippen LogP contribution in [0.25, 0.3) is 0 Å². The number of methoxy groups -OCH3 is 1. The Labute approximate surface area is 85.6 Å². The van der Waals surface area contributed by atoms with Gasteiger partial charge in [0.25, 0.3) is 0 Å².